The average molecular weight is 260 g/mol. The second-order valence-electron chi connectivity index (χ2n) is 5.49. The van der Waals surface area contributed by atoms with Gasteiger partial charge in [-0.1, -0.05) is 44.1 Å². The van der Waals surface area contributed by atoms with E-state index in [0.29, 0.717) is 6.61 Å². The first kappa shape index (κ1) is 14.1. The van der Waals surface area contributed by atoms with Crippen molar-refractivity contribution >= 4 is 0 Å². The fraction of sp³-hybridized carbons (Fsp3) is 0.529. The molecule has 1 saturated heterocycles. The molecule has 2 nitrogen and oxygen atoms in total. The molecule has 104 valence electrons. The van der Waals surface area contributed by atoms with Crippen molar-refractivity contribution in [2.45, 2.75) is 45.1 Å². The van der Waals surface area contributed by atoms with Crippen LogP contribution < -0.4 is 4.74 Å². The van der Waals surface area contributed by atoms with Crippen LogP contribution in [0.3, 0.4) is 0 Å². The lowest BCUT2D eigenvalue weighted by Crippen LogP contribution is -2.16. The van der Waals surface area contributed by atoms with Crippen molar-refractivity contribution in [2.24, 2.45) is 0 Å². The Labute approximate surface area is 116 Å². The van der Waals surface area contributed by atoms with Crippen LogP contribution in [0.1, 0.15) is 38.7 Å². The molecule has 19 heavy (non-hydrogen) atoms. The fourth-order valence-electron chi connectivity index (χ4n) is 1.82. The first-order valence-electron chi connectivity index (χ1n) is 7.22. The van der Waals surface area contributed by atoms with Gasteiger partial charge in [-0.25, -0.2) is 0 Å². The highest BCUT2D eigenvalue weighted by Crippen LogP contribution is 2.26. The van der Waals surface area contributed by atoms with Crippen LogP contribution in [0.2, 0.25) is 0 Å². The molecule has 0 saturated carbocycles. The van der Waals surface area contributed by atoms with Gasteiger partial charge in [-0.15, -0.1) is 0 Å². The van der Waals surface area contributed by atoms with Crippen molar-refractivity contribution in [3.05, 3.63) is 42.0 Å². The molecule has 0 bridgehead atoms. The molecule has 0 aliphatic carbocycles. The molecular formula is C17H24O2. The van der Waals surface area contributed by atoms with E-state index in [2.05, 4.69) is 38.1 Å². The molecule has 0 aromatic heterocycles. The Balaban J connectivity index is 1.73. The van der Waals surface area contributed by atoms with Crippen LogP contribution >= 0.6 is 0 Å². The summed E-state index contributed by atoms with van der Waals surface area (Å²) in [4.78, 5) is 0. The van der Waals surface area contributed by atoms with Crippen LogP contribution in [0.25, 0.3) is 0 Å². The van der Waals surface area contributed by atoms with Gasteiger partial charge in [0, 0.05) is 0 Å². The third-order valence-corrected chi connectivity index (χ3v) is 3.35. The van der Waals surface area contributed by atoms with Crippen LogP contribution in [-0.4, -0.2) is 18.8 Å². The Kier molecular flexibility index (Phi) is 5.03. The smallest absolute Gasteiger partial charge is 0.123 e. The number of epoxide rings is 1. The number of benzene rings is 1. The maximum absolute atomic E-state index is 5.70. The summed E-state index contributed by atoms with van der Waals surface area (Å²) in [6, 6.07) is 8.35. The molecule has 1 heterocycles. The van der Waals surface area contributed by atoms with Crippen LogP contribution in [0.4, 0.5) is 0 Å². The van der Waals surface area contributed by atoms with Crippen molar-refractivity contribution in [3.8, 4) is 5.75 Å². The van der Waals surface area contributed by atoms with Gasteiger partial charge in [0.15, 0.2) is 0 Å². The SMILES string of the molecule is CCCC/C=C/Cc1ccc(OCC2(C)CO2)cc1. The Hall–Kier alpha value is -1.28. The van der Waals surface area contributed by atoms with Crippen molar-refractivity contribution in [1.82, 2.24) is 0 Å². The van der Waals surface area contributed by atoms with Gasteiger partial charge < -0.3 is 9.47 Å². The Morgan fingerprint density at radius 2 is 2.00 bits per heavy atom. The largest absolute Gasteiger partial charge is 0.491 e. The minimum atomic E-state index is -0.0410. The van der Waals surface area contributed by atoms with Crippen LogP contribution in [0, 0.1) is 0 Å². The predicted molar refractivity (Wildman–Crippen MR) is 78.7 cm³/mol. The Morgan fingerprint density at radius 3 is 2.63 bits per heavy atom. The zero-order chi connectivity index (χ0) is 13.6. The summed E-state index contributed by atoms with van der Waals surface area (Å²) in [6.07, 6.45) is 9.27. The molecule has 1 aliphatic heterocycles. The first-order chi connectivity index (χ1) is 9.22. The highest BCUT2D eigenvalue weighted by molar-refractivity contribution is 5.28. The minimum Gasteiger partial charge on any atom is -0.491 e. The van der Waals surface area contributed by atoms with Gasteiger partial charge >= 0.3 is 0 Å². The molecule has 0 radical (unpaired) electrons. The lowest BCUT2D eigenvalue weighted by molar-refractivity contribution is 0.202. The fourth-order valence-corrected chi connectivity index (χ4v) is 1.82. The van der Waals surface area contributed by atoms with Gasteiger partial charge in [0.05, 0.1) is 6.61 Å². The number of hydrogen-bond acceptors (Lipinski definition) is 2. The Bertz CT molecular complexity index is 402. The summed E-state index contributed by atoms with van der Waals surface area (Å²) in [5, 5.41) is 0. The molecule has 2 heteroatoms. The molecule has 1 aliphatic rings. The normalized spacial score (nSPS) is 21.8. The molecule has 1 aromatic carbocycles. The quantitative estimate of drug-likeness (QED) is 0.398. The third-order valence-electron chi connectivity index (χ3n) is 3.35. The van der Waals surface area contributed by atoms with E-state index in [1.54, 1.807) is 0 Å². The summed E-state index contributed by atoms with van der Waals surface area (Å²) >= 11 is 0. The number of ether oxygens (including phenoxy) is 2. The molecule has 1 fully saturated rings. The predicted octanol–water partition coefficient (Wildman–Crippen LogP) is 4.14. The van der Waals surface area contributed by atoms with Gasteiger partial charge in [0.1, 0.15) is 18.0 Å². The lowest BCUT2D eigenvalue weighted by atomic mass is 10.1. The summed E-state index contributed by atoms with van der Waals surface area (Å²) in [5.74, 6) is 0.926. The third kappa shape index (κ3) is 5.07. The van der Waals surface area contributed by atoms with Gasteiger partial charge in [-0.05, 0) is 37.5 Å². The lowest BCUT2D eigenvalue weighted by Gasteiger charge is -2.09. The molecule has 1 aromatic rings. The van der Waals surface area contributed by atoms with E-state index in [0.717, 1.165) is 18.8 Å². The average Bonchev–Trinajstić information content (AvgIpc) is 3.16. The summed E-state index contributed by atoms with van der Waals surface area (Å²) in [5.41, 5.74) is 1.29. The number of unbranched alkanes of at least 4 members (excludes halogenated alkanes) is 2. The number of allylic oxidation sites excluding steroid dienone is 2. The topological polar surface area (TPSA) is 21.8 Å². The second-order valence-corrected chi connectivity index (χ2v) is 5.49. The minimum absolute atomic E-state index is 0.0410. The van der Waals surface area contributed by atoms with Gasteiger partial charge in [-0.3, -0.25) is 0 Å². The summed E-state index contributed by atoms with van der Waals surface area (Å²) in [7, 11) is 0. The van der Waals surface area contributed by atoms with Gasteiger partial charge in [0.2, 0.25) is 0 Å². The zero-order valence-electron chi connectivity index (χ0n) is 12.0. The van der Waals surface area contributed by atoms with Crippen molar-refractivity contribution in [3.63, 3.8) is 0 Å². The monoisotopic (exact) mass is 260 g/mol. The summed E-state index contributed by atoms with van der Waals surface area (Å²) < 4.78 is 11.0. The van der Waals surface area contributed by atoms with Gasteiger partial charge in [-0.2, -0.15) is 0 Å². The molecule has 0 spiro atoms. The van der Waals surface area contributed by atoms with E-state index in [1.807, 2.05) is 12.1 Å². The van der Waals surface area contributed by atoms with Crippen LogP contribution in [0.15, 0.2) is 36.4 Å². The number of hydrogen-bond donors (Lipinski definition) is 0. The highest BCUT2D eigenvalue weighted by atomic mass is 16.6. The molecule has 0 N–H and O–H groups in total. The molecule has 1 unspecified atom stereocenters. The van der Waals surface area contributed by atoms with E-state index >= 15 is 0 Å². The van der Waals surface area contributed by atoms with Crippen LogP contribution in [-0.2, 0) is 11.2 Å². The zero-order valence-corrected chi connectivity index (χ0v) is 12.0. The molecule has 1 atom stereocenters. The number of rotatable bonds is 8. The van der Waals surface area contributed by atoms with E-state index in [4.69, 9.17) is 9.47 Å². The van der Waals surface area contributed by atoms with Crippen LogP contribution in [0.5, 0.6) is 5.75 Å². The van der Waals surface area contributed by atoms with Crippen molar-refractivity contribution in [1.29, 1.82) is 0 Å². The first-order valence-corrected chi connectivity index (χ1v) is 7.22. The van der Waals surface area contributed by atoms with Crippen molar-refractivity contribution in [2.75, 3.05) is 13.2 Å². The molecule has 0 amide bonds. The van der Waals surface area contributed by atoms with E-state index in [9.17, 15) is 0 Å². The Morgan fingerprint density at radius 1 is 1.26 bits per heavy atom. The van der Waals surface area contributed by atoms with E-state index < -0.39 is 0 Å². The van der Waals surface area contributed by atoms with Crippen molar-refractivity contribution < 1.29 is 9.47 Å². The molecule has 2 rings (SSSR count). The highest BCUT2D eigenvalue weighted by Gasteiger charge is 2.40. The maximum Gasteiger partial charge on any atom is 0.123 e. The second kappa shape index (κ2) is 6.76. The van der Waals surface area contributed by atoms with E-state index in [1.165, 1.54) is 24.8 Å². The van der Waals surface area contributed by atoms with E-state index in [-0.39, 0.29) is 5.60 Å². The molecular weight excluding hydrogens is 236 g/mol. The maximum atomic E-state index is 5.70. The van der Waals surface area contributed by atoms with Gasteiger partial charge in [0.25, 0.3) is 0 Å². The standard InChI is InChI=1S/C17H24O2/c1-3-4-5-6-7-8-15-9-11-16(12-10-15)18-13-17(2)14-19-17/h6-7,9-12H,3-5,8,13-14H2,1-2H3/b7-6+. The summed E-state index contributed by atoms with van der Waals surface area (Å²) in [6.45, 7) is 5.75.